The first-order valence-corrected chi connectivity index (χ1v) is 25.2. The molecule has 0 radical (unpaired) electrons. The number of nitrogens with zero attached hydrogens (tertiary/aromatic N) is 3. The number of hydrogen-bond donors (Lipinski definition) is 5. The van der Waals surface area contributed by atoms with E-state index in [9.17, 15) is 28.8 Å². The van der Waals surface area contributed by atoms with Crippen molar-refractivity contribution in [1.29, 1.82) is 0 Å². The number of piperidine rings is 4. The van der Waals surface area contributed by atoms with Gasteiger partial charge < -0.3 is 60.6 Å². The summed E-state index contributed by atoms with van der Waals surface area (Å²) in [6.07, 6.45) is 6.85. The van der Waals surface area contributed by atoms with Gasteiger partial charge in [0.05, 0.1) is 0 Å². The van der Waals surface area contributed by atoms with Gasteiger partial charge in [0.1, 0.15) is 25.4 Å². The predicted molar refractivity (Wildman–Crippen MR) is 299 cm³/mol. The van der Waals surface area contributed by atoms with Crippen LogP contribution in [0.4, 0.5) is 19.2 Å². The number of amides is 6. The number of benzene rings is 3. The van der Waals surface area contributed by atoms with Crippen LogP contribution in [0.1, 0.15) is 73.6 Å². The fourth-order valence-electron chi connectivity index (χ4n) is 10.5. The van der Waals surface area contributed by atoms with Crippen molar-refractivity contribution in [3.63, 3.8) is 0 Å². The van der Waals surface area contributed by atoms with Crippen LogP contribution in [0.25, 0.3) is 0 Å². The van der Waals surface area contributed by atoms with Gasteiger partial charge in [-0.15, -0.1) is 25.3 Å². The van der Waals surface area contributed by atoms with E-state index in [-0.39, 0.29) is 89.6 Å². The molecule has 4 aliphatic heterocycles. The molecule has 4 saturated carbocycles. The van der Waals surface area contributed by atoms with Crippen molar-refractivity contribution in [3.05, 3.63) is 108 Å². The Balaban J connectivity index is 0.000000271. The maximum absolute atomic E-state index is 12.1. The summed E-state index contributed by atoms with van der Waals surface area (Å²) in [7, 11) is 0. The van der Waals surface area contributed by atoms with Gasteiger partial charge in [-0.25, -0.2) is 19.2 Å². The average Bonchev–Trinajstić information content (AvgIpc) is 4.17. The standard InChI is InChI=1S/C18H24N2O4.C15H18N2O3.C13H16N2O2.C7H12N2O.C2H2.3CH4.ClH/c1-18(2,3)24-16(21)19-15-13-9-20(10-14(13)15)17(22)23-11-12-7-5-4-6-8-12;1-10(18)16-14-12-7-17(8-13(12)14)15(19)20-9-11-5-3-2-4-6-11;14-12-10-6-15(7-11(10)12)13(16)17-8-9-4-2-1-3-5-9;1-4(10)9-7-5-2-8-3-6(5)7;1-2;;;;/h4-8,13-15H,9-11H2,1-3H3,(H,19,21);2-6,12-14H,7-9H2,1H3,(H,16,18);1-5,10-12H,6-8,14H2;5-8H,2-3H2,1H3,(H,9,10);1-2H;3*1H4;1H/t13-,14+,15?;12-,13+,14?;10-,11+,12?;5-,6+,7?;;;;;. The van der Waals surface area contributed by atoms with Gasteiger partial charge in [0.15, 0.2) is 0 Å². The van der Waals surface area contributed by atoms with Crippen LogP contribution in [0.3, 0.4) is 0 Å². The Kier molecular flexibility index (Phi) is 24.6. The molecular formula is C58H85ClN8O10. The second-order valence-corrected chi connectivity index (χ2v) is 21.0. The summed E-state index contributed by atoms with van der Waals surface area (Å²) in [6, 6.07) is 30.2. The Morgan fingerprint density at radius 1 is 0.519 bits per heavy atom. The van der Waals surface area contributed by atoms with Gasteiger partial charge >= 0.3 is 24.4 Å². The van der Waals surface area contributed by atoms with Crippen LogP contribution < -0.4 is 27.0 Å². The predicted octanol–water partition coefficient (Wildman–Crippen LogP) is 7.30. The summed E-state index contributed by atoms with van der Waals surface area (Å²) in [5.41, 5.74) is 8.30. The number of alkyl carbamates (subject to hydrolysis) is 1. The van der Waals surface area contributed by atoms with E-state index in [0.717, 1.165) is 54.7 Å². The van der Waals surface area contributed by atoms with Crippen LogP contribution in [-0.4, -0.2) is 133 Å². The molecule has 424 valence electrons. The van der Waals surface area contributed by atoms with Crippen LogP contribution in [0.5, 0.6) is 0 Å². The van der Waals surface area contributed by atoms with E-state index in [2.05, 4.69) is 34.1 Å². The summed E-state index contributed by atoms with van der Waals surface area (Å²) in [6.45, 7) is 15.9. The number of rotatable bonds is 9. The lowest BCUT2D eigenvalue weighted by atomic mass is 10.2. The average molecular weight is 1090 g/mol. The van der Waals surface area contributed by atoms with Crippen LogP contribution in [-0.2, 0) is 48.4 Å². The highest BCUT2D eigenvalue weighted by molar-refractivity contribution is 5.85. The number of likely N-dealkylation sites (tertiary alicyclic amines) is 3. The second kappa shape index (κ2) is 29.3. The highest BCUT2D eigenvalue weighted by atomic mass is 35.5. The maximum atomic E-state index is 12.1. The minimum atomic E-state index is -0.499. The zero-order chi connectivity index (χ0) is 52.4. The minimum Gasteiger partial charge on any atom is -0.445 e. The number of nitrogens with two attached hydrogens (primary N) is 1. The number of hydrogen-bond acceptors (Lipinski definition) is 12. The molecule has 0 bridgehead atoms. The molecule has 0 aromatic heterocycles. The van der Waals surface area contributed by atoms with Crippen molar-refractivity contribution >= 4 is 48.6 Å². The van der Waals surface area contributed by atoms with Crippen molar-refractivity contribution in [2.75, 3.05) is 52.4 Å². The van der Waals surface area contributed by atoms with Gasteiger partial charge in [-0.3, -0.25) is 9.59 Å². The van der Waals surface area contributed by atoms with E-state index in [1.165, 1.54) is 6.92 Å². The molecule has 18 nitrogen and oxygen atoms in total. The van der Waals surface area contributed by atoms with Crippen molar-refractivity contribution < 1.29 is 47.7 Å². The Labute approximate surface area is 463 Å². The van der Waals surface area contributed by atoms with Gasteiger partial charge in [0, 0.05) is 114 Å². The lowest BCUT2D eigenvalue weighted by Crippen LogP contribution is -2.39. The number of halogens is 1. The molecule has 6 amide bonds. The number of nitrogens with one attached hydrogen (secondary N) is 4. The van der Waals surface area contributed by atoms with E-state index in [1.54, 1.807) is 21.6 Å². The number of carbonyl (C=O) groups is 6. The molecule has 19 heteroatoms. The molecule has 12 atom stereocenters. The van der Waals surface area contributed by atoms with E-state index < -0.39 is 5.60 Å². The van der Waals surface area contributed by atoms with Crippen LogP contribution in [0, 0.1) is 60.2 Å². The third kappa shape index (κ3) is 18.3. The molecule has 3 aromatic rings. The van der Waals surface area contributed by atoms with Gasteiger partial charge in [-0.05, 0) is 61.1 Å². The quantitative estimate of drug-likeness (QED) is 0.105. The van der Waals surface area contributed by atoms with E-state index in [0.29, 0.717) is 87.0 Å². The van der Waals surface area contributed by atoms with E-state index in [1.807, 2.05) is 112 Å². The SMILES string of the molecule is C.C.C.C#C.CC(=O)NC1[C@H]2CN(C(=O)OCc3ccccc3)C[C@@H]12.CC(=O)NC1[C@H]2CNC[C@@H]12.CC(C)(C)OC(=O)NC1[C@H]2CN(C(=O)OCc3ccccc3)C[C@@H]12.Cl.NC1[C@H]2CN(C(=O)OCc3ccccc3)C[C@@H]12. The minimum absolute atomic E-state index is 0. The van der Waals surface area contributed by atoms with Gasteiger partial charge in [-0.1, -0.05) is 113 Å². The summed E-state index contributed by atoms with van der Waals surface area (Å²) < 4.78 is 21.2. The third-order valence-electron chi connectivity index (χ3n) is 14.6. The first-order valence-electron chi connectivity index (χ1n) is 25.2. The normalized spacial score (nSPS) is 26.9. The molecule has 8 aliphatic rings. The lowest BCUT2D eigenvalue weighted by molar-refractivity contribution is -0.120. The van der Waals surface area contributed by atoms with Gasteiger partial charge in [0.25, 0.3) is 0 Å². The number of fused-ring (bicyclic) bond motifs is 4. The molecule has 4 unspecified atom stereocenters. The van der Waals surface area contributed by atoms with Crippen LogP contribution >= 0.6 is 12.4 Å². The molecule has 0 spiro atoms. The van der Waals surface area contributed by atoms with Crippen LogP contribution in [0.2, 0.25) is 0 Å². The summed E-state index contributed by atoms with van der Waals surface area (Å²) in [4.78, 5) is 74.3. The van der Waals surface area contributed by atoms with Crippen molar-refractivity contribution in [3.8, 4) is 12.8 Å². The molecule has 4 aliphatic carbocycles. The fraction of sp³-hybridized carbons (Fsp3) is 0.552. The Morgan fingerprint density at radius 2 is 0.805 bits per heavy atom. The lowest BCUT2D eigenvalue weighted by Gasteiger charge is -2.22. The van der Waals surface area contributed by atoms with Crippen molar-refractivity contribution in [2.45, 2.75) is 106 Å². The molecule has 6 N–H and O–H groups in total. The Hall–Kier alpha value is -6.55. The highest BCUT2D eigenvalue weighted by Crippen LogP contribution is 2.47. The van der Waals surface area contributed by atoms with E-state index in [4.69, 9.17) is 24.7 Å². The van der Waals surface area contributed by atoms with Gasteiger partial charge in [0.2, 0.25) is 11.8 Å². The maximum Gasteiger partial charge on any atom is 0.410 e. The Bertz CT molecular complexity index is 2350. The zero-order valence-corrected chi connectivity index (χ0v) is 43.7. The molecule has 4 heterocycles. The Morgan fingerprint density at radius 3 is 1.10 bits per heavy atom. The van der Waals surface area contributed by atoms with Crippen molar-refractivity contribution in [1.82, 2.24) is 36.0 Å². The van der Waals surface area contributed by atoms with E-state index >= 15 is 0 Å². The molecule has 77 heavy (non-hydrogen) atoms. The second-order valence-electron chi connectivity index (χ2n) is 21.0. The van der Waals surface area contributed by atoms with Gasteiger partial charge in [-0.2, -0.15) is 0 Å². The fourth-order valence-corrected chi connectivity index (χ4v) is 10.5. The molecule has 11 rings (SSSR count). The molecule has 8 fully saturated rings. The van der Waals surface area contributed by atoms with Crippen molar-refractivity contribution in [2.24, 2.45) is 53.1 Å². The summed E-state index contributed by atoms with van der Waals surface area (Å²) in [5, 5.41) is 12.0. The monoisotopic (exact) mass is 1090 g/mol. The first-order chi connectivity index (χ1) is 35.0. The summed E-state index contributed by atoms with van der Waals surface area (Å²) >= 11 is 0. The molecular weight excluding hydrogens is 1000 g/mol. The van der Waals surface area contributed by atoms with Crippen LogP contribution in [0.15, 0.2) is 91.0 Å². The largest absolute Gasteiger partial charge is 0.445 e. The third-order valence-corrected chi connectivity index (χ3v) is 14.6. The first kappa shape index (κ1) is 64.7. The highest BCUT2D eigenvalue weighted by Gasteiger charge is 2.59. The molecule has 3 aromatic carbocycles. The smallest absolute Gasteiger partial charge is 0.410 e. The molecule has 4 saturated heterocycles. The number of carbonyl (C=O) groups excluding carboxylic acids is 6. The summed E-state index contributed by atoms with van der Waals surface area (Å²) in [5.74, 6) is 4.04. The number of ether oxygens (including phenoxy) is 4. The zero-order valence-electron chi connectivity index (χ0n) is 42.9. The number of terminal acetylenes is 1. The topological polar surface area (TPSA) is 223 Å².